The van der Waals surface area contributed by atoms with Crippen LogP contribution in [-0.4, -0.2) is 29.8 Å². The zero-order chi connectivity index (χ0) is 19.8. The van der Waals surface area contributed by atoms with Gasteiger partial charge in [0.1, 0.15) is 0 Å². The Morgan fingerprint density at radius 1 is 1.19 bits per heavy atom. The monoisotopic (exact) mass is 370 g/mol. The highest BCUT2D eigenvalue weighted by Crippen LogP contribution is 2.21. The fraction of sp³-hybridized carbons (Fsp3) is 0.368. The highest BCUT2D eigenvalue weighted by Gasteiger charge is 2.28. The van der Waals surface area contributed by atoms with Crippen LogP contribution in [0.2, 0.25) is 0 Å². The zero-order valence-electron chi connectivity index (χ0n) is 15.5. The number of aryl methyl sites for hydroxylation is 1. The van der Waals surface area contributed by atoms with Crippen molar-refractivity contribution in [1.29, 1.82) is 0 Å². The van der Waals surface area contributed by atoms with Gasteiger partial charge >= 0.3 is 11.7 Å². The van der Waals surface area contributed by atoms with Crippen LogP contribution in [0.3, 0.4) is 0 Å². The molecule has 1 N–H and O–H groups in total. The van der Waals surface area contributed by atoms with E-state index in [1.165, 1.54) is 17.9 Å². The van der Waals surface area contributed by atoms with Crippen molar-refractivity contribution in [3.05, 3.63) is 63.1 Å². The number of aliphatic carboxylic acids is 1. The van der Waals surface area contributed by atoms with Crippen molar-refractivity contribution in [2.45, 2.75) is 33.4 Å². The third-order valence-corrected chi connectivity index (χ3v) is 4.83. The largest absolute Gasteiger partial charge is 0.481 e. The van der Waals surface area contributed by atoms with Crippen molar-refractivity contribution in [2.24, 2.45) is 12.5 Å². The summed E-state index contributed by atoms with van der Waals surface area (Å²) >= 11 is 0. The molecule has 3 rings (SSSR count). The molecule has 27 heavy (non-hydrogen) atoms. The number of aromatic nitrogens is 4. The summed E-state index contributed by atoms with van der Waals surface area (Å²) < 4.78 is 4.13. The van der Waals surface area contributed by atoms with Gasteiger partial charge in [0.2, 0.25) is 0 Å². The molecule has 0 spiro atoms. The summed E-state index contributed by atoms with van der Waals surface area (Å²) in [6, 6.07) is 9.63. The molecule has 142 valence electrons. The van der Waals surface area contributed by atoms with Crippen molar-refractivity contribution >= 4 is 17.1 Å². The van der Waals surface area contributed by atoms with Crippen LogP contribution in [0.15, 0.2) is 46.2 Å². The van der Waals surface area contributed by atoms with Crippen LogP contribution in [0.25, 0.3) is 11.2 Å². The van der Waals surface area contributed by atoms with Gasteiger partial charge in [-0.2, -0.15) is 0 Å². The molecule has 0 saturated heterocycles. The summed E-state index contributed by atoms with van der Waals surface area (Å²) in [5.74, 6) is -0.939. The Morgan fingerprint density at radius 3 is 2.48 bits per heavy atom. The van der Waals surface area contributed by atoms with Gasteiger partial charge in [0, 0.05) is 20.1 Å². The minimum absolute atomic E-state index is 0.158. The predicted octanol–water partition coefficient (Wildman–Crippen LogP) is 1.45. The molecular formula is C19H22N4O4. The molecule has 0 radical (unpaired) electrons. The van der Waals surface area contributed by atoms with Gasteiger partial charge in [-0.25, -0.2) is 9.78 Å². The van der Waals surface area contributed by atoms with E-state index in [1.807, 2.05) is 30.3 Å². The van der Waals surface area contributed by atoms with E-state index in [4.69, 9.17) is 0 Å². The van der Waals surface area contributed by atoms with E-state index < -0.39 is 22.6 Å². The second kappa shape index (κ2) is 6.86. The molecule has 0 saturated carbocycles. The van der Waals surface area contributed by atoms with Gasteiger partial charge in [0.25, 0.3) is 5.56 Å². The number of nitrogens with zero attached hydrogens (tertiary/aromatic N) is 4. The van der Waals surface area contributed by atoms with Gasteiger partial charge in [-0.3, -0.25) is 18.7 Å². The highest BCUT2D eigenvalue weighted by molar-refractivity contribution is 5.73. The Balaban J connectivity index is 2.09. The highest BCUT2D eigenvalue weighted by atomic mass is 16.4. The molecule has 3 aromatic rings. The molecule has 2 aromatic heterocycles. The van der Waals surface area contributed by atoms with Crippen molar-refractivity contribution in [2.75, 3.05) is 0 Å². The fourth-order valence-corrected chi connectivity index (χ4v) is 2.90. The molecule has 8 nitrogen and oxygen atoms in total. The third kappa shape index (κ3) is 3.42. The Kier molecular flexibility index (Phi) is 4.73. The van der Waals surface area contributed by atoms with E-state index in [2.05, 4.69) is 4.98 Å². The second-order valence-electron chi connectivity index (χ2n) is 7.27. The number of carboxylic acid groups (broad SMARTS) is 1. The number of hydrogen-bond donors (Lipinski definition) is 1. The van der Waals surface area contributed by atoms with Crippen molar-refractivity contribution < 1.29 is 9.90 Å². The quantitative estimate of drug-likeness (QED) is 0.708. The molecule has 0 unspecified atom stereocenters. The first kappa shape index (κ1) is 18.6. The summed E-state index contributed by atoms with van der Waals surface area (Å²) in [7, 11) is 1.42. The first-order valence-electron chi connectivity index (χ1n) is 8.64. The van der Waals surface area contributed by atoms with Crippen LogP contribution in [0.4, 0.5) is 0 Å². The Morgan fingerprint density at radius 2 is 1.85 bits per heavy atom. The summed E-state index contributed by atoms with van der Waals surface area (Å²) in [5.41, 5.74) is -0.304. The smallest absolute Gasteiger partial charge is 0.332 e. The van der Waals surface area contributed by atoms with E-state index >= 15 is 0 Å². The number of imidazole rings is 1. The van der Waals surface area contributed by atoms with Crippen LogP contribution >= 0.6 is 0 Å². The summed E-state index contributed by atoms with van der Waals surface area (Å²) in [6.45, 7) is 3.82. The zero-order valence-corrected chi connectivity index (χ0v) is 15.5. The lowest BCUT2D eigenvalue weighted by Gasteiger charge is -2.19. The van der Waals surface area contributed by atoms with Gasteiger partial charge in [-0.05, 0) is 25.8 Å². The molecule has 0 atom stereocenters. The van der Waals surface area contributed by atoms with Gasteiger partial charge in [-0.15, -0.1) is 0 Å². The molecule has 0 aliphatic carbocycles. The number of hydrogen-bond acceptors (Lipinski definition) is 4. The number of fused-ring (bicyclic) bond motifs is 1. The topological polar surface area (TPSA) is 99.1 Å². The number of carboxylic acids is 1. The van der Waals surface area contributed by atoms with Crippen LogP contribution < -0.4 is 11.2 Å². The standard InChI is InChI=1S/C19H22N4O4/c1-19(2,17(25)26)9-10-23-15-14(16(24)21(3)18(23)27)22(12-20-15)11-13-7-5-4-6-8-13/h4-8,12H,9-11H2,1-3H3,(H,25,26). The summed E-state index contributed by atoms with van der Waals surface area (Å²) in [5, 5.41) is 9.31. The maximum atomic E-state index is 12.7. The number of benzene rings is 1. The van der Waals surface area contributed by atoms with Gasteiger partial charge in [0.15, 0.2) is 11.2 Å². The van der Waals surface area contributed by atoms with E-state index in [-0.39, 0.29) is 18.6 Å². The Labute approximate surface area is 155 Å². The molecule has 2 heterocycles. The van der Waals surface area contributed by atoms with Crippen molar-refractivity contribution in [1.82, 2.24) is 18.7 Å². The molecule has 0 fully saturated rings. The first-order valence-corrected chi connectivity index (χ1v) is 8.64. The third-order valence-electron chi connectivity index (χ3n) is 4.83. The van der Waals surface area contributed by atoms with E-state index in [0.717, 1.165) is 10.1 Å². The first-order chi connectivity index (χ1) is 12.7. The molecule has 0 amide bonds. The van der Waals surface area contributed by atoms with Gasteiger partial charge < -0.3 is 9.67 Å². The lowest BCUT2D eigenvalue weighted by atomic mass is 9.89. The minimum Gasteiger partial charge on any atom is -0.481 e. The number of rotatable bonds is 6. The molecule has 0 aliphatic heterocycles. The lowest BCUT2D eigenvalue weighted by Crippen LogP contribution is -2.39. The van der Waals surface area contributed by atoms with Crippen molar-refractivity contribution in [3.63, 3.8) is 0 Å². The lowest BCUT2D eigenvalue weighted by molar-refractivity contribution is -0.147. The average molecular weight is 370 g/mol. The molecule has 0 bridgehead atoms. The van der Waals surface area contributed by atoms with E-state index in [0.29, 0.717) is 12.1 Å². The molecule has 0 aliphatic rings. The van der Waals surface area contributed by atoms with Gasteiger partial charge in [0.05, 0.1) is 11.7 Å². The summed E-state index contributed by atoms with van der Waals surface area (Å²) in [4.78, 5) is 40.9. The van der Waals surface area contributed by atoms with Gasteiger partial charge in [-0.1, -0.05) is 30.3 Å². The normalized spacial score (nSPS) is 11.8. The summed E-state index contributed by atoms with van der Waals surface area (Å²) in [6.07, 6.45) is 1.78. The van der Waals surface area contributed by atoms with Crippen LogP contribution in [-0.2, 0) is 24.9 Å². The average Bonchev–Trinajstić information content (AvgIpc) is 3.04. The maximum Gasteiger partial charge on any atom is 0.332 e. The van der Waals surface area contributed by atoms with Crippen molar-refractivity contribution in [3.8, 4) is 0 Å². The minimum atomic E-state index is -0.993. The van der Waals surface area contributed by atoms with Crippen LogP contribution in [0.1, 0.15) is 25.8 Å². The Hall–Kier alpha value is -3.16. The van der Waals surface area contributed by atoms with Crippen LogP contribution in [0, 0.1) is 5.41 Å². The molecule has 8 heteroatoms. The predicted molar refractivity (Wildman–Crippen MR) is 101 cm³/mol. The Bertz CT molecular complexity index is 1110. The SMILES string of the molecule is Cn1c(=O)c2c(ncn2Cc2ccccc2)n(CCC(C)(C)C(=O)O)c1=O. The van der Waals surface area contributed by atoms with E-state index in [9.17, 15) is 19.5 Å². The molecular weight excluding hydrogens is 348 g/mol. The molecule has 1 aromatic carbocycles. The van der Waals surface area contributed by atoms with Crippen LogP contribution in [0.5, 0.6) is 0 Å². The van der Waals surface area contributed by atoms with E-state index in [1.54, 1.807) is 18.4 Å². The second-order valence-corrected chi connectivity index (χ2v) is 7.27. The number of carbonyl (C=O) groups is 1. The maximum absolute atomic E-state index is 12.7. The fourth-order valence-electron chi connectivity index (χ4n) is 2.90.